The number of methoxy groups -OCH3 is 3. The number of aliphatic imine (C=N–C) groups is 1. The van der Waals surface area contributed by atoms with Crippen LogP contribution in [-0.2, 0) is 0 Å². The lowest BCUT2D eigenvalue weighted by Crippen LogP contribution is -2.30. The third-order valence-electron chi connectivity index (χ3n) is 3.78. The fourth-order valence-electron chi connectivity index (χ4n) is 2.36. The molecule has 128 valence electrons. The molecule has 1 aromatic rings. The molecule has 2 rings (SSSR count). The lowest BCUT2D eigenvalue weighted by molar-refractivity contribution is 0.324. The Bertz CT molecular complexity index is 517. The van der Waals surface area contributed by atoms with E-state index < -0.39 is 0 Å². The third-order valence-corrected chi connectivity index (χ3v) is 3.78. The minimum absolute atomic E-state index is 0.580. The maximum atomic E-state index is 5.38. The molecule has 1 aliphatic rings. The molecular weight excluding hydrogens is 294 g/mol. The first-order valence-electron chi connectivity index (χ1n) is 8.07. The molecule has 6 heteroatoms. The van der Waals surface area contributed by atoms with Crippen LogP contribution in [0.5, 0.6) is 17.2 Å². The zero-order valence-electron chi connectivity index (χ0n) is 14.4. The molecule has 6 nitrogen and oxygen atoms in total. The van der Waals surface area contributed by atoms with Crippen molar-refractivity contribution in [2.75, 3.05) is 39.7 Å². The number of benzene rings is 1. The Morgan fingerprint density at radius 3 is 2.26 bits per heavy atom. The molecule has 1 fully saturated rings. The van der Waals surface area contributed by atoms with E-state index in [-0.39, 0.29) is 0 Å². The molecule has 1 aliphatic carbocycles. The number of hydrogen-bond donors (Lipinski definition) is 2. The van der Waals surface area contributed by atoms with Gasteiger partial charge in [0.15, 0.2) is 17.5 Å². The molecule has 0 bridgehead atoms. The summed E-state index contributed by atoms with van der Waals surface area (Å²) in [6.45, 7) is 3.69. The van der Waals surface area contributed by atoms with E-state index in [1.165, 1.54) is 12.8 Å². The highest BCUT2D eigenvalue weighted by Crippen LogP contribution is 2.39. The second-order valence-electron chi connectivity index (χ2n) is 5.53. The predicted octanol–water partition coefficient (Wildman–Crippen LogP) is 2.89. The van der Waals surface area contributed by atoms with Crippen LogP contribution in [0.15, 0.2) is 17.1 Å². The smallest absolute Gasteiger partial charge is 0.203 e. The first-order valence-corrected chi connectivity index (χ1v) is 8.07. The molecule has 1 aromatic carbocycles. The summed E-state index contributed by atoms with van der Waals surface area (Å²) in [5.41, 5.74) is 0.839. The molecule has 0 radical (unpaired) electrons. The van der Waals surface area contributed by atoms with Gasteiger partial charge in [-0.2, -0.15) is 0 Å². The molecular formula is C17H27N3O3. The molecule has 0 aromatic heterocycles. The van der Waals surface area contributed by atoms with Crippen molar-refractivity contribution in [1.82, 2.24) is 5.32 Å². The monoisotopic (exact) mass is 321 g/mol. The molecule has 0 saturated heterocycles. The summed E-state index contributed by atoms with van der Waals surface area (Å²) in [7, 11) is 4.81. The normalized spacial score (nSPS) is 14.3. The van der Waals surface area contributed by atoms with E-state index >= 15 is 0 Å². The summed E-state index contributed by atoms with van der Waals surface area (Å²) in [6.07, 6.45) is 3.87. The van der Waals surface area contributed by atoms with E-state index in [1.807, 2.05) is 19.1 Å². The summed E-state index contributed by atoms with van der Waals surface area (Å²) < 4.78 is 16.1. The van der Waals surface area contributed by atoms with E-state index in [9.17, 15) is 0 Å². The van der Waals surface area contributed by atoms with Gasteiger partial charge in [0.25, 0.3) is 0 Å². The fourth-order valence-corrected chi connectivity index (χ4v) is 2.36. The van der Waals surface area contributed by atoms with Gasteiger partial charge >= 0.3 is 0 Å². The van der Waals surface area contributed by atoms with Crippen molar-refractivity contribution in [3.63, 3.8) is 0 Å². The topological polar surface area (TPSA) is 64.1 Å². The van der Waals surface area contributed by atoms with Crippen molar-refractivity contribution >= 4 is 11.6 Å². The summed E-state index contributed by atoms with van der Waals surface area (Å²) in [5, 5.41) is 6.55. The molecule has 0 heterocycles. The van der Waals surface area contributed by atoms with Gasteiger partial charge in [0.05, 0.1) is 21.3 Å². The largest absolute Gasteiger partial charge is 0.493 e. The molecule has 2 N–H and O–H groups in total. The van der Waals surface area contributed by atoms with Gasteiger partial charge in [0, 0.05) is 30.9 Å². The average molecular weight is 321 g/mol. The zero-order chi connectivity index (χ0) is 16.7. The lowest BCUT2D eigenvalue weighted by Gasteiger charge is -2.16. The Labute approximate surface area is 138 Å². The highest BCUT2D eigenvalue weighted by Gasteiger charge is 2.20. The second kappa shape index (κ2) is 8.50. The van der Waals surface area contributed by atoms with Crippen LogP contribution >= 0.6 is 0 Å². The third kappa shape index (κ3) is 4.94. The number of anilines is 1. The molecule has 0 spiro atoms. The summed E-state index contributed by atoms with van der Waals surface area (Å²) >= 11 is 0. The molecule has 0 aliphatic heterocycles. The standard InChI is InChI=1S/C17H27N3O3/c1-5-18-17(19-9-8-12-6-7-12)20-13-10-14(21-2)16(23-4)15(11-13)22-3/h10-12H,5-9H2,1-4H3,(H2,18,19,20). The highest BCUT2D eigenvalue weighted by molar-refractivity contribution is 5.94. The zero-order valence-corrected chi connectivity index (χ0v) is 14.4. The van der Waals surface area contributed by atoms with E-state index in [0.29, 0.717) is 17.2 Å². The van der Waals surface area contributed by atoms with Crippen LogP contribution < -0.4 is 24.8 Å². The number of ether oxygens (including phenoxy) is 3. The van der Waals surface area contributed by atoms with Crippen molar-refractivity contribution < 1.29 is 14.2 Å². The van der Waals surface area contributed by atoms with Gasteiger partial charge in [-0.25, -0.2) is 0 Å². The van der Waals surface area contributed by atoms with Gasteiger partial charge in [0.1, 0.15) is 0 Å². The van der Waals surface area contributed by atoms with Gasteiger partial charge in [0.2, 0.25) is 5.75 Å². The Morgan fingerprint density at radius 2 is 1.78 bits per heavy atom. The highest BCUT2D eigenvalue weighted by atomic mass is 16.5. The summed E-state index contributed by atoms with van der Waals surface area (Å²) in [5.74, 6) is 3.45. The quantitative estimate of drug-likeness (QED) is 0.569. The molecule has 0 unspecified atom stereocenters. The fraction of sp³-hybridized carbons (Fsp3) is 0.588. The van der Waals surface area contributed by atoms with Crippen LogP contribution in [0.25, 0.3) is 0 Å². The Balaban J connectivity index is 2.13. The van der Waals surface area contributed by atoms with E-state index in [4.69, 9.17) is 14.2 Å². The number of rotatable bonds is 8. The van der Waals surface area contributed by atoms with Gasteiger partial charge < -0.3 is 24.8 Å². The predicted molar refractivity (Wildman–Crippen MR) is 93.0 cm³/mol. The van der Waals surface area contributed by atoms with Crippen molar-refractivity contribution in [3.8, 4) is 17.2 Å². The van der Waals surface area contributed by atoms with Crippen LogP contribution in [0.1, 0.15) is 26.2 Å². The number of nitrogens with one attached hydrogen (secondary N) is 2. The Morgan fingerprint density at radius 1 is 1.13 bits per heavy atom. The van der Waals surface area contributed by atoms with Crippen LogP contribution in [0.3, 0.4) is 0 Å². The first-order chi connectivity index (χ1) is 11.2. The second-order valence-corrected chi connectivity index (χ2v) is 5.53. The van der Waals surface area contributed by atoms with Crippen molar-refractivity contribution in [1.29, 1.82) is 0 Å². The van der Waals surface area contributed by atoms with Crippen LogP contribution in [0.4, 0.5) is 5.69 Å². The Kier molecular flexibility index (Phi) is 6.38. The van der Waals surface area contributed by atoms with Gasteiger partial charge in [-0.3, -0.25) is 4.99 Å². The van der Waals surface area contributed by atoms with Gasteiger partial charge in [-0.15, -0.1) is 0 Å². The van der Waals surface area contributed by atoms with Crippen LogP contribution in [0, 0.1) is 5.92 Å². The van der Waals surface area contributed by atoms with E-state index in [1.54, 1.807) is 21.3 Å². The van der Waals surface area contributed by atoms with Crippen LogP contribution in [0.2, 0.25) is 0 Å². The van der Waals surface area contributed by atoms with Crippen molar-refractivity contribution in [2.45, 2.75) is 26.2 Å². The lowest BCUT2D eigenvalue weighted by atomic mass is 10.2. The Hall–Kier alpha value is -2.11. The number of nitrogens with zero attached hydrogens (tertiary/aromatic N) is 1. The molecule has 1 saturated carbocycles. The van der Waals surface area contributed by atoms with E-state index in [2.05, 4.69) is 15.6 Å². The van der Waals surface area contributed by atoms with Crippen molar-refractivity contribution in [2.24, 2.45) is 10.9 Å². The first kappa shape index (κ1) is 17.2. The van der Waals surface area contributed by atoms with E-state index in [0.717, 1.165) is 37.1 Å². The number of hydrogen-bond acceptors (Lipinski definition) is 4. The van der Waals surface area contributed by atoms with Gasteiger partial charge in [-0.1, -0.05) is 12.8 Å². The molecule has 0 atom stereocenters. The minimum Gasteiger partial charge on any atom is -0.493 e. The van der Waals surface area contributed by atoms with Crippen molar-refractivity contribution in [3.05, 3.63) is 12.1 Å². The summed E-state index contributed by atoms with van der Waals surface area (Å²) in [6, 6.07) is 3.74. The van der Waals surface area contributed by atoms with Crippen LogP contribution in [-0.4, -0.2) is 40.4 Å². The maximum Gasteiger partial charge on any atom is 0.203 e. The minimum atomic E-state index is 0.580. The van der Waals surface area contributed by atoms with Gasteiger partial charge in [-0.05, 0) is 19.3 Å². The SMILES string of the molecule is CCNC(=NCCC1CC1)Nc1cc(OC)c(OC)c(OC)c1. The molecule has 0 amide bonds. The maximum absolute atomic E-state index is 5.38. The summed E-state index contributed by atoms with van der Waals surface area (Å²) in [4.78, 5) is 4.62. The average Bonchev–Trinajstić information content (AvgIpc) is 3.38. The number of guanidine groups is 1. The molecule has 23 heavy (non-hydrogen) atoms.